The summed E-state index contributed by atoms with van der Waals surface area (Å²) in [6, 6.07) is 21.4. The number of carboxylic acid groups (broad SMARTS) is 1. The van der Waals surface area contributed by atoms with Gasteiger partial charge in [0, 0.05) is 12.0 Å². The Labute approximate surface area is 227 Å². The first-order valence-corrected chi connectivity index (χ1v) is 12.6. The van der Waals surface area contributed by atoms with Crippen LogP contribution in [0.15, 0.2) is 84.9 Å². The van der Waals surface area contributed by atoms with Gasteiger partial charge >= 0.3 is 17.9 Å². The fraction of sp³-hybridized carbons (Fsp3) is 0.258. The smallest absolute Gasteiger partial charge is 0.343 e. The van der Waals surface area contributed by atoms with E-state index in [0.29, 0.717) is 35.7 Å². The van der Waals surface area contributed by atoms with Gasteiger partial charge in [0.15, 0.2) is 0 Å². The van der Waals surface area contributed by atoms with Crippen molar-refractivity contribution in [2.24, 2.45) is 0 Å². The highest BCUT2D eigenvalue weighted by Gasteiger charge is 2.10. The van der Waals surface area contributed by atoms with Gasteiger partial charge in [0.25, 0.3) is 0 Å². The molecular formula is C31H32O8. The molecule has 3 rings (SSSR count). The quantitative estimate of drug-likeness (QED) is 0.108. The highest BCUT2D eigenvalue weighted by Crippen LogP contribution is 2.24. The normalized spacial score (nSPS) is 10.4. The average Bonchev–Trinajstić information content (AvgIpc) is 2.94. The fourth-order valence-electron chi connectivity index (χ4n) is 3.47. The van der Waals surface area contributed by atoms with Crippen LogP contribution < -0.4 is 14.2 Å². The second-order valence-electron chi connectivity index (χ2n) is 8.78. The number of carbonyl (C=O) groups excluding carboxylic acids is 2. The van der Waals surface area contributed by atoms with E-state index in [9.17, 15) is 14.4 Å². The molecule has 0 unspecified atom stereocenters. The number of rotatable bonds is 15. The van der Waals surface area contributed by atoms with Gasteiger partial charge in [0.1, 0.15) is 30.5 Å². The molecule has 39 heavy (non-hydrogen) atoms. The zero-order valence-corrected chi connectivity index (χ0v) is 21.9. The van der Waals surface area contributed by atoms with Crippen LogP contribution in [0.5, 0.6) is 17.2 Å². The molecular weight excluding hydrogens is 500 g/mol. The van der Waals surface area contributed by atoms with Crippen molar-refractivity contribution in [1.29, 1.82) is 0 Å². The zero-order valence-electron chi connectivity index (χ0n) is 21.9. The van der Waals surface area contributed by atoms with E-state index in [4.69, 9.17) is 24.1 Å². The minimum absolute atomic E-state index is 0.105. The molecule has 3 aromatic carbocycles. The number of benzene rings is 3. The number of unbranched alkanes of at least 4 members (excludes halogenated alkanes) is 2. The van der Waals surface area contributed by atoms with Crippen LogP contribution in [0.1, 0.15) is 43.0 Å². The molecule has 0 radical (unpaired) electrons. The molecule has 0 amide bonds. The first-order valence-electron chi connectivity index (χ1n) is 12.6. The van der Waals surface area contributed by atoms with Crippen LogP contribution in [-0.4, -0.2) is 42.8 Å². The van der Waals surface area contributed by atoms with E-state index in [2.05, 4.69) is 6.58 Å². The van der Waals surface area contributed by atoms with Crippen molar-refractivity contribution >= 4 is 17.9 Å². The summed E-state index contributed by atoms with van der Waals surface area (Å²) in [6.07, 6.45) is 2.46. The van der Waals surface area contributed by atoms with Crippen LogP contribution in [0.4, 0.5) is 0 Å². The van der Waals surface area contributed by atoms with Gasteiger partial charge in [-0.2, -0.15) is 0 Å². The van der Waals surface area contributed by atoms with Crippen LogP contribution in [0.3, 0.4) is 0 Å². The molecule has 8 nitrogen and oxygen atoms in total. The molecule has 0 aromatic heterocycles. The molecule has 0 fully saturated rings. The second-order valence-corrected chi connectivity index (χ2v) is 8.78. The van der Waals surface area contributed by atoms with Crippen LogP contribution in [0.25, 0.3) is 11.1 Å². The molecule has 0 aliphatic rings. The van der Waals surface area contributed by atoms with Crippen LogP contribution in [0.2, 0.25) is 0 Å². The lowest BCUT2D eigenvalue weighted by Gasteiger charge is -2.09. The number of carbonyl (C=O) groups is 3. The molecule has 8 heteroatoms. The Kier molecular flexibility index (Phi) is 11.1. The van der Waals surface area contributed by atoms with Gasteiger partial charge in [-0.15, -0.1) is 0 Å². The lowest BCUT2D eigenvalue weighted by molar-refractivity contribution is -0.139. The van der Waals surface area contributed by atoms with Gasteiger partial charge in [0.05, 0.1) is 12.2 Å². The van der Waals surface area contributed by atoms with Crippen LogP contribution in [-0.2, 0) is 14.3 Å². The van der Waals surface area contributed by atoms with Crippen molar-refractivity contribution in [2.75, 3.05) is 19.8 Å². The third-order valence-corrected chi connectivity index (χ3v) is 5.58. The molecule has 0 saturated heterocycles. The molecule has 0 spiro atoms. The van der Waals surface area contributed by atoms with Crippen molar-refractivity contribution in [3.63, 3.8) is 0 Å². The highest BCUT2D eigenvalue weighted by atomic mass is 16.6. The Morgan fingerprint density at radius 1 is 0.692 bits per heavy atom. The number of aliphatic carboxylic acids is 1. The topological polar surface area (TPSA) is 108 Å². The van der Waals surface area contributed by atoms with Crippen molar-refractivity contribution < 1.29 is 38.4 Å². The van der Waals surface area contributed by atoms with E-state index in [1.807, 2.05) is 36.4 Å². The third kappa shape index (κ3) is 10.0. The number of carboxylic acids is 1. The summed E-state index contributed by atoms with van der Waals surface area (Å²) in [5.74, 6) is -0.0307. The molecule has 0 atom stereocenters. The number of hydrogen-bond donors (Lipinski definition) is 1. The minimum Gasteiger partial charge on any atom is -0.494 e. The first-order chi connectivity index (χ1) is 18.8. The maximum absolute atomic E-state index is 12.6. The molecule has 3 aromatic rings. The van der Waals surface area contributed by atoms with E-state index in [0.717, 1.165) is 29.7 Å². The van der Waals surface area contributed by atoms with Gasteiger partial charge in [-0.05, 0) is 85.8 Å². The molecule has 1 N–H and O–H groups in total. The van der Waals surface area contributed by atoms with Gasteiger partial charge in [0.2, 0.25) is 0 Å². The molecule has 0 heterocycles. The number of ether oxygens (including phenoxy) is 4. The Balaban J connectivity index is 1.43. The Hall–Kier alpha value is -4.59. The molecule has 0 aliphatic carbocycles. The lowest BCUT2D eigenvalue weighted by atomic mass is 10.0. The summed E-state index contributed by atoms with van der Waals surface area (Å²) in [4.78, 5) is 34.4. The van der Waals surface area contributed by atoms with E-state index in [1.54, 1.807) is 43.3 Å². The predicted octanol–water partition coefficient (Wildman–Crippen LogP) is 6.09. The van der Waals surface area contributed by atoms with Gasteiger partial charge < -0.3 is 24.1 Å². The summed E-state index contributed by atoms with van der Waals surface area (Å²) in [5, 5.41) is 8.66. The Bertz CT molecular complexity index is 1250. The highest BCUT2D eigenvalue weighted by molar-refractivity contribution is 5.91. The van der Waals surface area contributed by atoms with E-state index >= 15 is 0 Å². The summed E-state index contributed by atoms with van der Waals surface area (Å²) in [5.41, 5.74) is 2.67. The summed E-state index contributed by atoms with van der Waals surface area (Å²) in [6.45, 7) is 5.93. The maximum Gasteiger partial charge on any atom is 0.343 e. The fourth-order valence-corrected chi connectivity index (χ4v) is 3.47. The zero-order chi connectivity index (χ0) is 28.0. The third-order valence-electron chi connectivity index (χ3n) is 5.58. The summed E-state index contributed by atoms with van der Waals surface area (Å²) in [7, 11) is 0. The van der Waals surface area contributed by atoms with Crippen molar-refractivity contribution in [3.05, 3.63) is 90.5 Å². The Morgan fingerprint density at radius 2 is 1.23 bits per heavy atom. The van der Waals surface area contributed by atoms with Gasteiger partial charge in [-0.3, -0.25) is 4.79 Å². The molecule has 0 saturated carbocycles. The van der Waals surface area contributed by atoms with Crippen molar-refractivity contribution in [1.82, 2.24) is 0 Å². The minimum atomic E-state index is -0.772. The van der Waals surface area contributed by atoms with E-state index < -0.39 is 17.9 Å². The summed E-state index contributed by atoms with van der Waals surface area (Å²) < 4.78 is 21.7. The first kappa shape index (κ1) is 29.0. The summed E-state index contributed by atoms with van der Waals surface area (Å²) >= 11 is 0. The predicted molar refractivity (Wildman–Crippen MR) is 146 cm³/mol. The monoisotopic (exact) mass is 532 g/mol. The molecule has 204 valence electrons. The molecule has 0 aliphatic heterocycles. The largest absolute Gasteiger partial charge is 0.494 e. The number of hydrogen-bond acceptors (Lipinski definition) is 7. The lowest BCUT2D eigenvalue weighted by Crippen LogP contribution is -2.12. The number of esters is 2. The van der Waals surface area contributed by atoms with Crippen molar-refractivity contribution in [3.8, 4) is 28.4 Å². The maximum atomic E-state index is 12.6. The van der Waals surface area contributed by atoms with Crippen LogP contribution in [0, 0.1) is 0 Å². The molecule has 0 bridgehead atoms. The SMILES string of the molecule is C=C(C)C(=O)OCCOc1ccc(OC(=O)c2ccc(-c3ccc(OCCCCCC(=O)O)cc3)cc2)cc1. The average molecular weight is 533 g/mol. The Morgan fingerprint density at radius 3 is 1.82 bits per heavy atom. The van der Waals surface area contributed by atoms with E-state index in [1.165, 1.54) is 0 Å². The second kappa shape index (κ2) is 15.0. The van der Waals surface area contributed by atoms with Gasteiger partial charge in [-0.25, -0.2) is 9.59 Å². The van der Waals surface area contributed by atoms with Gasteiger partial charge in [-0.1, -0.05) is 30.8 Å². The van der Waals surface area contributed by atoms with Crippen molar-refractivity contribution in [2.45, 2.75) is 32.6 Å². The standard InChI is InChI=1S/C31H32O8/c1-22(2)30(34)38-21-20-37-27-15-17-28(18-16-27)39-31(35)25-9-7-23(8-10-25)24-11-13-26(14-12-24)36-19-5-3-4-6-29(32)33/h7-18H,1,3-6,19-21H2,2H3,(H,32,33). The van der Waals surface area contributed by atoms with Crippen LogP contribution >= 0.6 is 0 Å². The van der Waals surface area contributed by atoms with E-state index in [-0.39, 0.29) is 19.6 Å².